The highest BCUT2D eigenvalue weighted by Crippen LogP contribution is 2.23. The molecule has 2 heterocycles. The van der Waals surface area contributed by atoms with Crippen LogP contribution in [-0.2, 0) is 14.3 Å². The van der Waals surface area contributed by atoms with E-state index in [1.165, 1.54) is 0 Å². The van der Waals surface area contributed by atoms with Crippen LogP contribution < -0.4 is 5.73 Å². The molecule has 0 aromatic carbocycles. The monoisotopic (exact) mass is 226 g/mol. The van der Waals surface area contributed by atoms with E-state index in [9.17, 15) is 4.79 Å². The number of aliphatic imine (C=N–C) groups is 1. The van der Waals surface area contributed by atoms with Gasteiger partial charge in [-0.1, -0.05) is 6.08 Å². The van der Waals surface area contributed by atoms with Crippen LogP contribution in [0.15, 0.2) is 17.1 Å². The fraction of sp³-hybridized carbons (Fsp3) is 0.600. The van der Waals surface area contributed by atoms with Crippen molar-refractivity contribution in [3.8, 4) is 0 Å². The van der Waals surface area contributed by atoms with E-state index < -0.39 is 6.29 Å². The van der Waals surface area contributed by atoms with Gasteiger partial charge in [0.25, 0.3) is 5.91 Å². The van der Waals surface area contributed by atoms with Gasteiger partial charge in [-0.25, -0.2) is 0 Å². The fourth-order valence-corrected chi connectivity index (χ4v) is 1.75. The number of amidine groups is 1. The molecule has 3 N–H and O–H groups in total. The highest BCUT2D eigenvalue weighted by Gasteiger charge is 2.32. The highest BCUT2D eigenvalue weighted by molar-refractivity contribution is 6.04. The van der Waals surface area contributed by atoms with Crippen molar-refractivity contribution >= 4 is 11.7 Å². The predicted molar refractivity (Wildman–Crippen MR) is 55.5 cm³/mol. The number of amides is 1. The molecule has 0 aromatic rings. The average molecular weight is 226 g/mol. The van der Waals surface area contributed by atoms with E-state index in [0.717, 1.165) is 0 Å². The summed E-state index contributed by atoms with van der Waals surface area (Å²) in [5, 5.41) is 8.81. The summed E-state index contributed by atoms with van der Waals surface area (Å²) in [7, 11) is 0. The third-order valence-corrected chi connectivity index (χ3v) is 2.65. The van der Waals surface area contributed by atoms with Gasteiger partial charge in [-0.15, -0.1) is 0 Å². The molecule has 88 valence electrons. The lowest BCUT2D eigenvalue weighted by Crippen LogP contribution is -2.40. The van der Waals surface area contributed by atoms with Crippen molar-refractivity contribution in [2.45, 2.75) is 6.29 Å². The van der Waals surface area contributed by atoms with Crippen LogP contribution in [0.1, 0.15) is 0 Å². The summed E-state index contributed by atoms with van der Waals surface area (Å²) in [6.45, 7) is 0.578. The smallest absolute Gasteiger partial charge is 0.254 e. The van der Waals surface area contributed by atoms with Gasteiger partial charge in [0.2, 0.25) is 0 Å². The molecule has 1 fully saturated rings. The lowest BCUT2D eigenvalue weighted by atomic mass is 9.90. The third-order valence-electron chi connectivity index (χ3n) is 2.65. The Balaban J connectivity index is 1.95. The quantitative estimate of drug-likeness (QED) is 0.632. The molecular formula is C10H14N2O4. The van der Waals surface area contributed by atoms with Crippen molar-refractivity contribution in [3.63, 3.8) is 0 Å². The number of ether oxygens (including phenoxy) is 2. The number of nitrogens with zero attached hydrogens (tertiary/aromatic N) is 1. The van der Waals surface area contributed by atoms with E-state index in [1.54, 1.807) is 12.2 Å². The Hall–Kier alpha value is -1.24. The molecular weight excluding hydrogens is 212 g/mol. The van der Waals surface area contributed by atoms with Crippen molar-refractivity contribution in [2.75, 3.05) is 19.8 Å². The molecule has 0 spiro atoms. The maximum atomic E-state index is 11.6. The molecule has 2 aliphatic rings. The lowest BCUT2D eigenvalue weighted by Gasteiger charge is -2.31. The normalized spacial score (nSPS) is 34.9. The SMILES string of the molecule is NC1=NC(=O)C(C2COC(CO)OC2)C=C1. The molecule has 1 unspecified atom stereocenters. The number of nitrogens with two attached hydrogens (primary N) is 1. The molecule has 0 bridgehead atoms. The van der Waals surface area contributed by atoms with Gasteiger partial charge in [0.15, 0.2) is 6.29 Å². The summed E-state index contributed by atoms with van der Waals surface area (Å²) >= 11 is 0. The van der Waals surface area contributed by atoms with E-state index in [1.807, 2.05) is 0 Å². The third kappa shape index (κ3) is 2.29. The maximum absolute atomic E-state index is 11.6. The minimum Gasteiger partial charge on any atom is -0.391 e. The molecule has 0 aromatic heterocycles. The fourth-order valence-electron chi connectivity index (χ4n) is 1.75. The molecule has 6 heteroatoms. The van der Waals surface area contributed by atoms with Crippen molar-refractivity contribution in [2.24, 2.45) is 22.6 Å². The molecule has 0 radical (unpaired) electrons. The zero-order valence-electron chi connectivity index (χ0n) is 8.70. The maximum Gasteiger partial charge on any atom is 0.254 e. The van der Waals surface area contributed by atoms with Crippen molar-refractivity contribution in [1.29, 1.82) is 0 Å². The van der Waals surface area contributed by atoms with Gasteiger partial charge in [-0.05, 0) is 6.08 Å². The Morgan fingerprint density at radius 2 is 2.19 bits per heavy atom. The Labute approximate surface area is 92.7 Å². The lowest BCUT2D eigenvalue weighted by molar-refractivity contribution is -0.219. The molecule has 2 aliphatic heterocycles. The number of dihydropyridines is 1. The second-order valence-corrected chi connectivity index (χ2v) is 3.80. The summed E-state index contributed by atoms with van der Waals surface area (Å²) < 4.78 is 10.5. The summed E-state index contributed by atoms with van der Waals surface area (Å²) in [5.41, 5.74) is 5.41. The molecule has 6 nitrogen and oxygen atoms in total. The van der Waals surface area contributed by atoms with Crippen LogP contribution in [0.25, 0.3) is 0 Å². The molecule has 2 rings (SSSR count). The number of aliphatic hydroxyl groups excluding tert-OH is 1. The van der Waals surface area contributed by atoms with Gasteiger partial charge >= 0.3 is 0 Å². The molecule has 0 aliphatic carbocycles. The number of hydrogen-bond donors (Lipinski definition) is 2. The molecule has 0 saturated carbocycles. The van der Waals surface area contributed by atoms with Gasteiger partial charge in [-0.3, -0.25) is 4.79 Å². The number of carbonyl (C=O) groups excluding carboxylic acids is 1. The van der Waals surface area contributed by atoms with Crippen LogP contribution in [0.2, 0.25) is 0 Å². The van der Waals surface area contributed by atoms with E-state index in [-0.39, 0.29) is 30.2 Å². The second kappa shape index (κ2) is 4.73. The van der Waals surface area contributed by atoms with Crippen molar-refractivity contribution in [1.82, 2.24) is 0 Å². The Morgan fingerprint density at radius 3 is 2.75 bits per heavy atom. The van der Waals surface area contributed by atoms with Crippen molar-refractivity contribution in [3.05, 3.63) is 12.2 Å². The van der Waals surface area contributed by atoms with E-state index in [0.29, 0.717) is 13.2 Å². The summed E-state index contributed by atoms with van der Waals surface area (Å²) in [5.74, 6) is -0.442. The van der Waals surface area contributed by atoms with Gasteiger partial charge in [0, 0.05) is 5.92 Å². The van der Waals surface area contributed by atoms with Gasteiger partial charge in [0.1, 0.15) is 5.84 Å². The van der Waals surface area contributed by atoms with Crippen LogP contribution in [0, 0.1) is 11.8 Å². The first-order chi connectivity index (χ1) is 7.70. The highest BCUT2D eigenvalue weighted by atomic mass is 16.7. The standard InChI is InChI=1S/C10H14N2O4/c11-8-2-1-7(10(14)12-8)6-4-15-9(3-13)16-5-6/h1-2,6-7,9,13H,3-5H2,(H2,11,12,14). The van der Waals surface area contributed by atoms with E-state index >= 15 is 0 Å². The van der Waals surface area contributed by atoms with Gasteiger partial charge in [-0.2, -0.15) is 4.99 Å². The Bertz CT molecular complexity index is 332. The van der Waals surface area contributed by atoms with E-state index in [2.05, 4.69) is 4.99 Å². The first kappa shape index (κ1) is 11.3. The average Bonchev–Trinajstić information content (AvgIpc) is 2.29. The number of aliphatic hydroxyl groups is 1. The summed E-state index contributed by atoms with van der Waals surface area (Å²) in [6.07, 6.45) is 2.76. The Kier molecular flexibility index (Phi) is 3.33. The van der Waals surface area contributed by atoms with Crippen LogP contribution in [0.5, 0.6) is 0 Å². The van der Waals surface area contributed by atoms with Crippen LogP contribution in [0.4, 0.5) is 0 Å². The zero-order chi connectivity index (χ0) is 11.5. The van der Waals surface area contributed by atoms with Gasteiger partial charge in [0.05, 0.1) is 25.7 Å². The number of rotatable bonds is 2. The minimum atomic E-state index is -0.576. The molecule has 1 saturated heterocycles. The number of carbonyl (C=O) groups is 1. The zero-order valence-corrected chi connectivity index (χ0v) is 8.70. The molecule has 16 heavy (non-hydrogen) atoms. The first-order valence-electron chi connectivity index (χ1n) is 5.11. The van der Waals surface area contributed by atoms with E-state index in [4.69, 9.17) is 20.3 Å². The van der Waals surface area contributed by atoms with Crippen LogP contribution in [-0.4, -0.2) is 43.0 Å². The first-order valence-corrected chi connectivity index (χ1v) is 5.11. The summed E-state index contributed by atoms with van der Waals surface area (Å²) in [6, 6.07) is 0. The topological polar surface area (TPSA) is 94.1 Å². The predicted octanol–water partition coefficient (Wildman–Crippen LogP) is -0.962. The molecule has 1 amide bonds. The second-order valence-electron chi connectivity index (χ2n) is 3.80. The van der Waals surface area contributed by atoms with Crippen molar-refractivity contribution < 1.29 is 19.4 Å². The van der Waals surface area contributed by atoms with Crippen LogP contribution >= 0.6 is 0 Å². The van der Waals surface area contributed by atoms with Crippen LogP contribution in [0.3, 0.4) is 0 Å². The molecule has 1 atom stereocenters. The number of hydrogen-bond acceptors (Lipinski definition) is 5. The minimum absolute atomic E-state index is 0.0663. The summed E-state index contributed by atoms with van der Waals surface area (Å²) in [4.78, 5) is 15.3. The Morgan fingerprint density at radius 1 is 1.50 bits per heavy atom. The van der Waals surface area contributed by atoms with Gasteiger partial charge < -0.3 is 20.3 Å². The largest absolute Gasteiger partial charge is 0.391 e.